The number of nitrogens with zero attached hydrogens (tertiary/aromatic N) is 1. The molecular weight excluding hydrogens is 276 g/mol. The van der Waals surface area contributed by atoms with Gasteiger partial charge in [-0.05, 0) is 43.2 Å². The molecule has 0 bridgehead atoms. The SMILES string of the molecule is CC1CCN(c2ccc(C(N)=S)c3ccccc23)C(C)C1. The first-order valence-corrected chi connectivity index (χ1v) is 8.07. The lowest BCUT2D eigenvalue weighted by atomic mass is 9.92. The molecule has 1 fully saturated rings. The van der Waals surface area contributed by atoms with Crippen molar-refractivity contribution < 1.29 is 0 Å². The van der Waals surface area contributed by atoms with Crippen LogP contribution in [-0.4, -0.2) is 17.6 Å². The molecule has 21 heavy (non-hydrogen) atoms. The van der Waals surface area contributed by atoms with Crippen LogP contribution in [0.2, 0.25) is 0 Å². The average molecular weight is 298 g/mol. The molecule has 0 aromatic heterocycles. The molecule has 3 heteroatoms. The van der Waals surface area contributed by atoms with Crippen LogP contribution in [0, 0.1) is 5.92 Å². The molecule has 0 spiro atoms. The number of piperidine rings is 1. The van der Waals surface area contributed by atoms with Gasteiger partial charge in [0.15, 0.2) is 0 Å². The third-order valence-electron chi connectivity index (χ3n) is 4.61. The van der Waals surface area contributed by atoms with Crippen LogP contribution in [0.25, 0.3) is 10.8 Å². The second-order valence-corrected chi connectivity index (χ2v) is 6.65. The molecule has 0 amide bonds. The van der Waals surface area contributed by atoms with E-state index in [4.69, 9.17) is 18.0 Å². The molecule has 1 aliphatic heterocycles. The van der Waals surface area contributed by atoms with Gasteiger partial charge in [-0.2, -0.15) is 0 Å². The van der Waals surface area contributed by atoms with E-state index in [-0.39, 0.29) is 0 Å². The number of fused-ring (bicyclic) bond motifs is 1. The maximum Gasteiger partial charge on any atom is 0.104 e. The zero-order valence-corrected chi connectivity index (χ0v) is 13.5. The lowest BCUT2D eigenvalue weighted by Gasteiger charge is -2.39. The number of hydrogen-bond acceptors (Lipinski definition) is 2. The summed E-state index contributed by atoms with van der Waals surface area (Å²) in [6.45, 7) is 5.80. The van der Waals surface area contributed by atoms with Crippen molar-refractivity contribution in [2.75, 3.05) is 11.4 Å². The van der Waals surface area contributed by atoms with Gasteiger partial charge in [-0.1, -0.05) is 43.4 Å². The van der Waals surface area contributed by atoms with Crippen LogP contribution in [0.4, 0.5) is 5.69 Å². The summed E-state index contributed by atoms with van der Waals surface area (Å²) in [4.78, 5) is 3.00. The van der Waals surface area contributed by atoms with Gasteiger partial charge in [0, 0.05) is 29.2 Å². The quantitative estimate of drug-likeness (QED) is 0.846. The van der Waals surface area contributed by atoms with E-state index < -0.39 is 0 Å². The molecule has 2 atom stereocenters. The molecule has 2 aromatic rings. The van der Waals surface area contributed by atoms with Gasteiger partial charge in [-0.25, -0.2) is 0 Å². The third kappa shape index (κ3) is 2.62. The van der Waals surface area contributed by atoms with Gasteiger partial charge in [0.1, 0.15) is 4.99 Å². The van der Waals surface area contributed by atoms with Gasteiger partial charge in [0.25, 0.3) is 0 Å². The highest BCUT2D eigenvalue weighted by Crippen LogP contribution is 2.34. The van der Waals surface area contributed by atoms with Crippen LogP contribution >= 0.6 is 12.2 Å². The van der Waals surface area contributed by atoms with E-state index in [0.29, 0.717) is 11.0 Å². The molecule has 3 rings (SSSR count). The summed E-state index contributed by atoms with van der Waals surface area (Å²) in [5, 5.41) is 2.41. The lowest BCUT2D eigenvalue weighted by molar-refractivity contribution is 0.378. The van der Waals surface area contributed by atoms with Crippen LogP contribution in [0.1, 0.15) is 32.3 Å². The van der Waals surface area contributed by atoms with Gasteiger partial charge in [-0.15, -0.1) is 0 Å². The second kappa shape index (κ2) is 5.64. The van der Waals surface area contributed by atoms with Crippen LogP contribution in [0.15, 0.2) is 36.4 Å². The number of nitrogens with two attached hydrogens (primary N) is 1. The molecule has 1 saturated heterocycles. The highest BCUT2D eigenvalue weighted by atomic mass is 32.1. The number of rotatable bonds is 2. The Labute approximate surface area is 131 Å². The van der Waals surface area contributed by atoms with Crippen molar-refractivity contribution in [1.29, 1.82) is 0 Å². The predicted molar refractivity (Wildman–Crippen MR) is 95.0 cm³/mol. The number of benzene rings is 2. The lowest BCUT2D eigenvalue weighted by Crippen LogP contribution is -2.40. The van der Waals surface area contributed by atoms with Crippen molar-refractivity contribution in [2.45, 2.75) is 32.7 Å². The summed E-state index contributed by atoms with van der Waals surface area (Å²) >= 11 is 5.19. The fourth-order valence-electron chi connectivity index (χ4n) is 3.51. The predicted octanol–water partition coefficient (Wildman–Crippen LogP) is 4.10. The molecule has 0 aliphatic carbocycles. The van der Waals surface area contributed by atoms with Crippen molar-refractivity contribution >= 4 is 33.7 Å². The Morgan fingerprint density at radius 1 is 1.14 bits per heavy atom. The summed E-state index contributed by atoms with van der Waals surface area (Å²) in [6, 6.07) is 13.3. The maximum absolute atomic E-state index is 5.87. The molecule has 110 valence electrons. The van der Waals surface area contributed by atoms with Gasteiger partial charge >= 0.3 is 0 Å². The smallest absolute Gasteiger partial charge is 0.104 e. The maximum atomic E-state index is 5.87. The fraction of sp³-hybridized carbons (Fsp3) is 0.389. The molecule has 1 heterocycles. The second-order valence-electron chi connectivity index (χ2n) is 6.21. The Bertz CT molecular complexity index is 680. The van der Waals surface area contributed by atoms with Gasteiger partial charge < -0.3 is 10.6 Å². The monoisotopic (exact) mass is 298 g/mol. The third-order valence-corrected chi connectivity index (χ3v) is 4.83. The number of thiocarbonyl (C=S) groups is 1. The molecule has 0 saturated carbocycles. The van der Waals surface area contributed by atoms with E-state index in [1.165, 1.54) is 23.9 Å². The van der Waals surface area contributed by atoms with Crippen molar-refractivity contribution in [2.24, 2.45) is 11.7 Å². The standard InChI is InChI=1S/C18H22N2S/c1-12-9-10-20(13(2)11-12)17-8-7-16(18(19)21)14-5-3-4-6-15(14)17/h3-8,12-13H,9-11H2,1-2H3,(H2,19,21). The normalized spacial score (nSPS) is 22.5. The minimum absolute atomic E-state index is 0.470. The highest BCUT2D eigenvalue weighted by molar-refractivity contribution is 7.80. The molecule has 1 aliphatic rings. The zero-order chi connectivity index (χ0) is 15.0. The first kappa shape index (κ1) is 14.3. The summed E-state index contributed by atoms with van der Waals surface area (Å²) in [7, 11) is 0. The topological polar surface area (TPSA) is 29.3 Å². The Kier molecular flexibility index (Phi) is 3.85. The van der Waals surface area contributed by atoms with Gasteiger partial charge in [-0.3, -0.25) is 0 Å². The Balaban J connectivity index is 2.12. The molecular formula is C18H22N2S. The van der Waals surface area contributed by atoms with Gasteiger partial charge in [0.05, 0.1) is 0 Å². The minimum Gasteiger partial charge on any atom is -0.389 e. The van der Waals surface area contributed by atoms with Crippen LogP contribution in [-0.2, 0) is 0 Å². The fourth-order valence-corrected chi connectivity index (χ4v) is 3.69. The molecule has 2 unspecified atom stereocenters. The molecule has 0 radical (unpaired) electrons. The minimum atomic E-state index is 0.470. The van der Waals surface area contributed by atoms with E-state index >= 15 is 0 Å². The molecule has 2 nitrogen and oxygen atoms in total. The molecule has 2 aromatic carbocycles. The Morgan fingerprint density at radius 3 is 2.52 bits per heavy atom. The number of anilines is 1. The highest BCUT2D eigenvalue weighted by Gasteiger charge is 2.24. The first-order chi connectivity index (χ1) is 10.1. The zero-order valence-electron chi connectivity index (χ0n) is 12.7. The van der Waals surface area contributed by atoms with E-state index in [9.17, 15) is 0 Å². The van der Waals surface area contributed by atoms with Crippen molar-refractivity contribution in [1.82, 2.24) is 0 Å². The first-order valence-electron chi connectivity index (χ1n) is 7.66. The molecule has 2 N–H and O–H groups in total. The van der Waals surface area contributed by atoms with Crippen molar-refractivity contribution in [3.63, 3.8) is 0 Å². The van der Waals surface area contributed by atoms with E-state index in [1.54, 1.807) is 0 Å². The largest absolute Gasteiger partial charge is 0.389 e. The van der Waals surface area contributed by atoms with Crippen LogP contribution in [0.5, 0.6) is 0 Å². The Hall–Kier alpha value is -1.61. The number of hydrogen-bond donors (Lipinski definition) is 1. The van der Waals surface area contributed by atoms with Crippen molar-refractivity contribution in [3.8, 4) is 0 Å². The summed E-state index contributed by atoms with van der Waals surface area (Å²) in [5.41, 5.74) is 8.16. The Morgan fingerprint density at radius 2 is 1.86 bits per heavy atom. The summed E-state index contributed by atoms with van der Waals surface area (Å²) < 4.78 is 0. The summed E-state index contributed by atoms with van der Waals surface area (Å²) in [6.07, 6.45) is 2.51. The summed E-state index contributed by atoms with van der Waals surface area (Å²) in [5.74, 6) is 0.818. The van der Waals surface area contributed by atoms with Gasteiger partial charge in [0.2, 0.25) is 0 Å². The van der Waals surface area contributed by atoms with Crippen molar-refractivity contribution in [3.05, 3.63) is 42.0 Å². The average Bonchev–Trinajstić information content (AvgIpc) is 2.46. The van der Waals surface area contributed by atoms with E-state index in [0.717, 1.165) is 23.4 Å². The van der Waals surface area contributed by atoms with E-state index in [2.05, 4.69) is 55.1 Å². The van der Waals surface area contributed by atoms with Crippen LogP contribution in [0.3, 0.4) is 0 Å². The van der Waals surface area contributed by atoms with Crippen LogP contribution < -0.4 is 10.6 Å². The van der Waals surface area contributed by atoms with E-state index in [1.807, 2.05) is 0 Å².